The monoisotopic (exact) mass is 598 g/mol. The summed E-state index contributed by atoms with van der Waals surface area (Å²) in [5.74, 6) is 0.326. The van der Waals surface area contributed by atoms with Crippen molar-refractivity contribution in [3.05, 3.63) is 90.0 Å². The Kier molecular flexibility index (Phi) is 8.79. The van der Waals surface area contributed by atoms with Gasteiger partial charge in [0, 0.05) is 5.56 Å². The van der Waals surface area contributed by atoms with Crippen LogP contribution in [0.5, 0.6) is 28.7 Å². The Morgan fingerprint density at radius 3 is 1.85 bits per heavy atom. The van der Waals surface area contributed by atoms with Gasteiger partial charge in [0.25, 0.3) is 0 Å². The molecule has 0 heterocycles. The van der Waals surface area contributed by atoms with Gasteiger partial charge in [0.05, 0.1) is 32.3 Å². The molecule has 0 aromatic heterocycles. The van der Waals surface area contributed by atoms with Gasteiger partial charge in [0.15, 0.2) is 23.0 Å². The van der Waals surface area contributed by atoms with Crippen molar-refractivity contribution in [3.63, 3.8) is 0 Å². The molecule has 0 fully saturated rings. The minimum absolute atomic E-state index is 0.102. The van der Waals surface area contributed by atoms with Gasteiger partial charge in [0.2, 0.25) is 0 Å². The molecule has 0 bridgehead atoms. The van der Waals surface area contributed by atoms with Crippen molar-refractivity contribution in [1.82, 2.24) is 0 Å². The fraction of sp³-hybridized carbons (Fsp3) is 0.200. The molecule has 0 aliphatic heterocycles. The highest BCUT2D eigenvalue weighted by molar-refractivity contribution is 7.86. The minimum atomic E-state index is -4.04. The van der Waals surface area contributed by atoms with Crippen LogP contribution >= 0.6 is 0 Å². The summed E-state index contributed by atoms with van der Waals surface area (Å²) in [5.41, 5.74) is 3.71. The highest BCUT2D eigenvalue weighted by atomic mass is 32.2. The van der Waals surface area contributed by atoms with Gasteiger partial charge in [-0.1, -0.05) is 66.2 Å². The van der Waals surface area contributed by atoms with Gasteiger partial charge in [0.1, 0.15) is 12.4 Å². The molecule has 0 atom stereocenters. The van der Waals surface area contributed by atoms with Gasteiger partial charge in [-0.25, -0.2) is 0 Å². The number of hydrogen-bond donors (Lipinski definition) is 0. The third-order valence-corrected chi connectivity index (χ3v) is 6.88. The number of methoxy groups -OCH3 is 2. The number of hydrogen-bond acceptors (Lipinski definition) is 9. The second-order valence-electron chi connectivity index (χ2n) is 9.24. The van der Waals surface area contributed by atoms with Gasteiger partial charge in [-0.05, 0) is 41.8 Å². The summed E-state index contributed by atoms with van der Waals surface area (Å²) in [6, 6.07) is 23.2. The zero-order chi connectivity index (χ0) is 29.8. The fourth-order valence-electron chi connectivity index (χ4n) is 4.18. The van der Waals surface area contributed by atoms with Crippen molar-refractivity contribution in [3.8, 4) is 51.0 Å². The van der Waals surface area contributed by atoms with Crippen LogP contribution in [0.1, 0.15) is 11.1 Å². The molecule has 0 saturated heterocycles. The first kappa shape index (κ1) is 29.8. The van der Waals surface area contributed by atoms with Gasteiger partial charge < -0.3 is 22.6 Å². The van der Waals surface area contributed by atoms with Crippen molar-refractivity contribution in [2.75, 3.05) is 26.7 Å². The lowest BCUT2D eigenvalue weighted by Crippen LogP contribution is -2.10. The van der Waals surface area contributed by atoms with E-state index in [1.54, 1.807) is 12.1 Å². The van der Waals surface area contributed by atoms with E-state index in [-0.39, 0.29) is 40.9 Å². The number of rotatable bonds is 11. The lowest BCUT2D eigenvalue weighted by atomic mass is 9.96. The molecular weight excluding hydrogens is 568 g/mol. The Bertz CT molecular complexity index is 1750. The van der Waals surface area contributed by atoms with Crippen LogP contribution in [0.4, 0.5) is 0 Å². The largest absolute Gasteiger partial charge is 0.496 e. The molecule has 0 amide bonds. The molecular formula is C30H30O9S2. The van der Waals surface area contributed by atoms with Gasteiger partial charge in [-0.15, -0.1) is 0 Å². The van der Waals surface area contributed by atoms with Gasteiger partial charge in [-0.2, -0.15) is 16.8 Å². The van der Waals surface area contributed by atoms with Crippen molar-refractivity contribution < 1.29 is 39.4 Å². The summed E-state index contributed by atoms with van der Waals surface area (Å²) >= 11 is 0. The maximum atomic E-state index is 12.4. The highest BCUT2D eigenvalue weighted by Gasteiger charge is 2.27. The van der Waals surface area contributed by atoms with Crippen molar-refractivity contribution >= 4 is 20.2 Å². The summed E-state index contributed by atoms with van der Waals surface area (Å²) in [7, 11) is -5.17. The smallest absolute Gasteiger partial charge is 0.306 e. The lowest BCUT2D eigenvalue weighted by molar-refractivity contribution is 0.296. The Labute approximate surface area is 240 Å². The molecule has 0 unspecified atom stereocenters. The molecule has 0 N–H and O–H groups in total. The van der Waals surface area contributed by atoms with Crippen LogP contribution < -0.4 is 22.6 Å². The summed E-state index contributed by atoms with van der Waals surface area (Å²) in [6.45, 7) is 2.11. The van der Waals surface area contributed by atoms with Gasteiger partial charge in [-0.3, -0.25) is 0 Å². The molecule has 0 saturated carbocycles. The molecule has 0 radical (unpaired) electrons. The second kappa shape index (κ2) is 12.1. The summed E-state index contributed by atoms with van der Waals surface area (Å²) in [5, 5.41) is 0. The minimum Gasteiger partial charge on any atom is -0.496 e. The first-order valence-electron chi connectivity index (χ1n) is 12.3. The van der Waals surface area contributed by atoms with Crippen LogP contribution in [0.2, 0.25) is 0 Å². The second-order valence-corrected chi connectivity index (χ2v) is 12.4. The van der Waals surface area contributed by atoms with Crippen molar-refractivity contribution in [1.29, 1.82) is 0 Å². The predicted molar refractivity (Wildman–Crippen MR) is 157 cm³/mol. The zero-order valence-electron chi connectivity index (χ0n) is 23.2. The van der Waals surface area contributed by atoms with Crippen LogP contribution in [0.15, 0.2) is 78.9 Å². The molecule has 4 aromatic carbocycles. The van der Waals surface area contributed by atoms with E-state index in [0.717, 1.165) is 29.2 Å². The fourth-order valence-corrected chi connectivity index (χ4v) is 5.10. The molecule has 0 aliphatic carbocycles. The Morgan fingerprint density at radius 1 is 0.634 bits per heavy atom. The van der Waals surface area contributed by atoms with E-state index in [9.17, 15) is 16.8 Å². The van der Waals surface area contributed by atoms with E-state index >= 15 is 0 Å². The number of aryl methyl sites for hydroxylation is 1. The van der Waals surface area contributed by atoms with E-state index in [0.29, 0.717) is 11.1 Å². The summed E-state index contributed by atoms with van der Waals surface area (Å²) in [4.78, 5) is 0. The van der Waals surface area contributed by atoms with Crippen LogP contribution in [0, 0.1) is 6.92 Å². The molecule has 4 aromatic rings. The van der Waals surface area contributed by atoms with Crippen LogP contribution in [0.25, 0.3) is 22.3 Å². The van der Waals surface area contributed by atoms with E-state index in [4.69, 9.17) is 22.6 Å². The van der Waals surface area contributed by atoms with Crippen molar-refractivity contribution in [2.45, 2.75) is 13.5 Å². The molecule has 41 heavy (non-hydrogen) atoms. The number of benzene rings is 4. The first-order chi connectivity index (χ1) is 19.4. The molecule has 0 spiro atoms. The average Bonchev–Trinajstić information content (AvgIpc) is 2.91. The van der Waals surface area contributed by atoms with E-state index in [1.165, 1.54) is 26.4 Å². The molecule has 9 nitrogen and oxygen atoms in total. The molecule has 4 rings (SSSR count). The van der Waals surface area contributed by atoms with Crippen LogP contribution in [-0.4, -0.2) is 43.6 Å². The zero-order valence-corrected chi connectivity index (χ0v) is 24.8. The third-order valence-electron chi connectivity index (χ3n) is 5.93. The SMILES string of the molecule is COc1cc(-c2ccc(C)cc2)c(OC)c(OS(C)(=O)=O)c1-c1ccc(OCc2ccccc2)c(OS(C)(=O)=O)c1. The average molecular weight is 599 g/mol. The first-order valence-corrected chi connectivity index (χ1v) is 16.0. The molecule has 216 valence electrons. The lowest BCUT2D eigenvalue weighted by Gasteiger charge is -2.21. The quantitative estimate of drug-likeness (QED) is 0.204. The number of ether oxygens (including phenoxy) is 3. The topological polar surface area (TPSA) is 114 Å². The summed E-state index contributed by atoms with van der Waals surface area (Å²) in [6.07, 6.45) is 1.83. The van der Waals surface area contributed by atoms with Crippen LogP contribution in [0.3, 0.4) is 0 Å². The highest BCUT2D eigenvalue weighted by Crippen LogP contribution is 2.51. The predicted octanol–water partition coefficient (Wildman–Crippen LogP) is 5.60. The van der Waals surface area contributed by atoms with Crippen LogP contribution in [-0.2, 0) is 26.8 Å². The normalized spacial score (nSPS) is 11.5. The molecule has 0 aliphatic rings. The Hall–Kier alpha value is -4.22. The van der Waals surface area contributed by atoms with E-state index in [1.807, 2.05) is 61.5 Å². The maximum absolute atomic E-state index is 12.4. The third kappa shape index (κ3) is 7.50. The van der Waals surface area contributed by atoms with E-state index in [2.05, 4.69) is 0 Å². The van der Waals surface area contributed by atoms with Crippen molar-refractivity contribution in [2.24, 2.45) is 0 Å². The Balaban J connectivity index is 1.93. The standard InChI is InChI=1S/C30H30O9S2/c1-20-11-13-22(14-12-20)24-18-27(35-2)28(30(29(24)36-3)39-41(5,33)34)23-15-16-25(26(17-23)38-40(4,31)32)37-19-21-9-7-6-8-10-21/h6-18H,19H2,1-5H3. The Morgan fingerprint density at radius 2 is 1.27 bits per heavy atom. The van der Waals surface area contributed by atoms with E-state index < -0.39 is 20.2 Å². The summed E-state index contributed by atoms with van der Waals surface area (Å²) < 4.78 is 77.2. The maximum Gasteiger partial charge on any atom is 0.306 e. The van der Waals surface area contributed by atoms with Gasteiger partial charge >= 0.3 is 20.2 Å². The molecule has 11 heteroatoms.